The monoisotopic (exact) mass is 500 g/mol. The molecule has 3 aromatic rings. The van der Waals surface area contributed by atoms with E-state index in [0.717, 1.165) is 16.9 Å². The van der Waals surface area contributed by atoms with Crippen LogP contribution < -0.4 is 0 Å². The normalized spacial score (nSPS) is 10.8. The maximum Gasteiger partial charge on any atom is 0.346 e. The molecule has 31 heavy (non-hydrogen) atoms. The van der Waals surface area contributed by atoms with Gasteiger partial charge in [-0.3, -0.25) is 4.79 Å². The summed E-state index contributed by atoms with van der Waals surface area (Å²) in [5.74, 6) is -1.56. The molecule has 1 aromatic heterocycles. The summed E-state index contributed by atoms with van der Waals surface area (Å²) in [5, 5.41) is 17.5. The Kier molecular flexibility index (Phi) is 8.25. The Morgan fingerprint density at radius 1 is 1.06 bits per heavy atom. The van der Waals surface area contributed by atoms with E-state index in [1.807, 2.05) is 0 Å². The van der Waals surface area contributed by atoms with Crippen molar-refractivity contribution in [1.82, 2.24) is 0 Å². The number of hydrogen-bond donors (Lipinski definition) is 2. The van der Waals surface area contributed by atoms with Gasteiger partial charge in [-0.25, -0.2) is 13.2 Å². The summed E-state index contributed by atoms with van der Waals surface area (Å²) in [6.07, 6.45) is 0. The van der Waals surface area contributed by atoms with Gasteiger partial charge in [0.15, 0.2) is 9.84 Å². The van der Waals surface area contributed by atoms with Gasteiger partial charge >= 0.3 is 5.97 Å². The SMILES string of the molecule is Cc1cc(S(=O)(=O)Cc2cc(-c3ccc(Cl)cc3)sc2C(=O)O)c(C)cc1Cl.O=CO. The molecule has 0 amide bonds. The van der Waals surface area contributed by atoms with Gasteiger partial charge in [-0.05, 0) is 66.4 Å². The first-order valence-electron chi connectivity index (χ1n) is 8.69. The summed E-state index contributed by atoms with van der Waals surface area (Å²) in [7, 11) is -3.75. The molecule has 0 aliphatic rings. The molecule has 10 heteroatoms. The van der Waals surface area contributed by atoms with Crippen LogP contribution in [0, 0.1) is 13.8 Å². The highest BCUT2D eigenvalue weighted by molar-refractivity contribution is 7.90. The van der Waals surface area contributed by atoms with E-state index in [4.69, 9.17) is 33.1 Å². The van der Waals surface area contributed by atoms with Crippen molar-refractivity contribution >= 4 is 56.8 Å². The average molecular weight is 501 g/mol. The molecular formula is C21H18Cl2O6S2. The number of thiophene rings is 1. The van der Waals surface area contributed by atoms with Crippen molar-refractivity contribution in [2.45, 2.75) is 24.5 Å². The fourth-order valence-corrected chi connectivity index (χ4v) is 6.00. The van der Waals surface area contributed by atoms with E-state index in [9.17, 15) is 18.3 Å². The maximum absolute atomic E-state index is 13.0. The van der Waals surface area contributed by atoms with Gasteiger partial charge in [0.25, 0.3) is 6.47 Å². The Bertz CT molecular complexity index is 1220. The van der Waals surface area contributed by atoms with Crippen molar-refractivity contribution in [3.05, 3.63) is 74.1 Å². The van der Waals surface area contributed by atoms with Gasteiger partial charge in [-0.15, -0.1) is 11.3 Å². The third-order valence-corrected chi connectivity index (χ3v) is 7.94. The van der Waals surface area contributed by atoms with Gasteiger partial charge in [0, 0.05) is 14.9 Å². The summed E-state index contributed by atoms with van der Waals surface area (Å²) in [5.41, 5.74) is 2.21. The number of aryl methyl sites for hydroxylation is 2. The molecule has 164 valence electrons. The fourth-order valence-electron chi connectivity index (χ4n) is 2.85. The Morgan fingerprint density at radius 2 is 1.65 bits per heavy atom. The van der Waals surface area contributed by atoms with Gasteiger partial charge in [-0.2, -0.15) is 0 Å². The molecule has 0 fully saturated rings. The van der Waals surface area contributed by atoms with E-state index in [0.29, 0.717) is 26.0 Å². The van der Waals surface area contributed by atoms with Crippen LogP contribution in [0.1, 0.15) is 26.4 Å². The summed E-state index contributed by atoms with van der Waals surface area (Å²) >= 11 is 13.0. The number of benzene rings is 2. The lowest BCUT2D eigenvalue weighted by atomic mass is 10.1. The quantitative estimate of drug-likeness (QED) is 0.434. The number of carboxylic acid groups (broad SMARTS) is 2. The number of aromatic carboxylic acids is 1. The van der Waals surface area contributed by atoms with Gasteiger partial charge in [0.2, 0.25) is 0 Å². The molecule has 0 radical (unpaired) electrons. The van der Waals surface area contributed by atoms with Crippen molar-refractivity contribution in [3.8, 4) is 10.4 Å². The second-order valence-electron chi connectivity index (χ2n) is 6.51. The molecule has 0 unspecified atom stereocenters. The highest BCUT2D eigenvalue weighted by Crippen LogP contribution is 2.35. The molecule has 3 rings (SSSR count). The predicted molar refractivity (Wildman–Crippen MR) is 122 cm³/mol. The molecule has 0 atom stereocenters. The van der Waals surface area contributed by atoms with Gasteiger partial charge in [0.05, 0.1) is 10.6 Å². The van der Waals surface area contributed by atoms with Crippen molar-refractivity contribution in [1.29, 1.82) is 0 Å². The number of halogens is 2. The van der Waals surface area contributed by atoms with Crippen molar-refractivity contribution in [3.63, 3.8) is 0 Å². The lowest BCUT2D eigenvalue weighted by Crippen LogP contribution is -2.09. The molecule has 0 bridgehead atoms. The second-order valence-corrected chi connectivity index (χ2v) is 10.4. The van der Waals surface area contributed by atoms with E-state index >= 15 is 0 Å². The molecule has 0 saturated heterocycles. The minimum Gasteiger partial charge on any atom is -0.483 e. The Labute approximate surface area is 193 Å². The number of carboxylic acids is 1. The molecule has 2 aromatic carbocycles. The standard InChI is InChI=1S/C20H16Cl2O4S2.CH2O2/c1-11-8-18(12(2)7-16(11)22)28(25,26)10-14-9-17(27-19(14)20(23)24)13-3-5-15(21)6-4-13;2-1-3/h3-9H,10H2,1-2H3,(H,23,24);1H,(H,2,3). The van der Waals surface area contributed by atoms with Crippen LogP contribution in [0.3, 0.4) is 0 Å². The van der Waals surface area contributed by atoms with Crippen molar-refractivity contribution in [2.24, 2.45) is 0 Å². The zero-order valence-electron chi connectivity index (χ0n) is 16.4. The van der Waals surface area contributed by atoms with Gasteiger partial charge in [-0.1, -0.05) is 35.3 Å². The zero-order valence-corrected chi connectivity index (χ0v) is 19.6. The fraction of sp³-hybridized carbons (Fsp3) is 0.143. The summed E-state index contributed by atoms with van der Waals surface area (Å²) in [4.78, 5) is 20.9. The van der Waals surface area contributed by atoms with Crippen molar-refractivity contribution < 1.29 is 28.2 Å². The lowest BCUT2D eigenvalue weighted by molar-refractivity contribution is -0.122. The molecule has 0 spiro atoms. The zero-order chi connectivity index (χ0) is 23.3. The smallest absolute Gasteiger partial charge is 0.346 e. The van der Waals surface area contributed by atoms with Crippen LogP contribution in [0.5, 0.6) is 0 Å². The van der Waals surface area contributed by atoms with E-state index < -0.39 is 21.6 Å². The number of sulfone groups is 1. The van der Waals surface area contributed by atoms with Crippen molar-refractivity contribution in [2.75, 3.05) is 0 Å². The first-order chi connectivity index (χ1) is 14.5. The maximum atomic E-state index is 13.0. The van der Waals surface area contributed by atoms with Crippen LogP contribution in [0.15, 0.2) is 47.4 Å². The first kappa shape index (κ1) is 24.9. The van der Waals surface area contributed by atoms with E-state index in [1.54, 1.807) is 50.2 Å². The van der Waals surface area contributed by atoms with Crippen LogP contribution in [0.4, 0.5) is 0 Å². The van der Waals surface area contributed by atoms with Crippen LogP contribution in [-0.4, -0.2) is 31.1 Å². The van der Waals surface area contributed by atoms with Gasteiger partial charge in [0.1, 0.15) is 4.88 Å². The number of carbonyl (C=O) groups is 2. The first-order valence-corrected chi connectivity index (χ1v) is 11.9. The van der Waals surface area contributed by atoms with Crippen LogP contribution in [-0.2, 0) is 20.4 Å². The van der Waals surface area contributed by atoms with E-state index in [2.05, 4.69) is 0 Å². The lowest BCUT2D eigenvalue weighted by Gasteiger charge is -2.10. The third kappa shape index (κ3) is 6.07. The molecule has 0 aliphatic heterocycles. The summed E-state index contributed by atoms with van der Waals surface area (Å²) < 4.78 is 26.0. The molecule has 0 aliphatic carbocycles. The second kappa shape index (κ2) is 10.3. The average Bonchev–Trinajstić information content (AvgIpc) is 3.09. The largest absolute Gasteiger partial charge is 0.483 e. The highest BCUT2D eigenvalue weighted by Gasteiger charge is 2.25. The topological polar surface area (TPSA) is 109 Å². The Morgan fingerprint density at radius 3 is 2.19 bits per heavy atom. The summed E-state index contributed by atoms with van der Waals surface area (Å²) in [6.45, 7) is 3.15. The van der Waals surface area contributed by atoms with E-state index in [1.165, 1.54) is 6.07 Å². The third-order valence-electron chi connectivity index (χ3n) is 4.27. The minimum absolute atomic E-state index is 0.0110. The molecule has 0 saturated carbocycles. The number of hydrogen-bond acceptors (Lipinski definition) is 5. The minimum atomic E-state index is -3.75. The van der Waals surface area contributed by atoms with Crippen LogP contribution >= 0.6 is 34.5 Å². The molecule has 6 nitrogen and oxygen atoms in total. The number of rotatable bonds is 5. The molecule has 2 N–H and O–H groups in total. The van der Waals surface area contributed by atoms with E-state index in [-0.39, 0.29) is 21.8 Å². The van der Waals surface area contributed by atoms with Gasteiger partial charge < -0.3 is 10.2 Å². The summed E-state index contributed by atoms with van der Waals surface area (Å²) in [6, 6.07) is 11.7. The molecule has 1 heterocycles. The highest BCUT2D eigenvalue weighted by atomic mass is 35.5. The van der Waals surface area contributed by atoms with Crippen LogP contribution in [0.2, 0.25) is 10.0 Å². The Hall–Kier alpha value is -2.39. The van der Waals surface area contributed by atoms with Crippen LogP contribution in [0.25, 0.3) is 10.4 Å². The Balaban J connectivity index is 0.00000107. The molecular weight excluding hydrogens is 483 g/mol. The predicted octanol–water partition coefficient (Wildman–Crippen LogP) is 5.71.